The number of aliphatic hydroxyl groups excluding tert-OH is 1. The molecule has 2 aromatic heterocycles. The minimum absolute atomic E-state index is 0.0182. The minimum atomic E-state index is -0.0709. The van der Waals surface area contributed by atoms with E-state index in [2.05, 4.69) is 72.2 Å². The molecule has 0 amide bonds. The highest BCUT2D eigenvalue weighted by atomic mass is 16.3. The average molecular weight is 638 g/mol. The maximum absolute atomic E-state index is 12.8. The first-order valence-electron chi connectivity index (χ1n) is 16.9. The lowest BCUT2D eigenvalue weighted by molar-refractivity contribution is 0.265. The molecule has 0 saturated carbocycles. The quantitative estimate of drug-likeness (QED) is 0.0905. The van der Waals surface area contributed by atoms with Gasteiger partial charge in [0, 0.05) is 31.0 Å². The van der Waals surface area contributed by atoms with Crippen LogP contribution in [0.15, 0.2) is 108 Å². The number of anilines is 1. The monoisotopic (exact) mass is 637 g/mol. The molecule has 0 aliphatic rings. The first-order chi connectivity index (χ1) is 22.9. The van der Waals surface area contributed by atoms with Crippen molar-refractivity contribution in [1.82, 2.24) is 19.9 Å². The number of allylic oxidation sites excluding steroid dienone is 1. The molecule has 2 aromatic carbocycles. The summed E-state index contributed by atoms with van der Waals surface area (Å²) >= 11 is 0. The van der Waals surface area contributed by atoms with Gasteiger partial charge in [-0.3, -0.25) is 14.3 Å². The fourth-order valence-corrected chi connectivity index (χ4v) is 4.76. The second-order valence-corrected chi connectivity index (χ2v) is 11.3. The number of pyridine rings is 1. The Balaban J connectivity index is 0.000000315. The number of hydrogen-bond acceptors (Lipinski definition) is 6. The Morgan fingerprint density at radius 1 is 0.957 bits per heavy atom. The first kappa shape index (κ1) is 38.9. The fraction of sp³-hybridized carbons (Fsp3) is 0.375. The second kappa shape index (κ2) is 23.1. The molecule has 0 fully saturated rings. The smallest absolute Gasteiger partial charge is 0.277 e. The molecule has 0 aliphatic heterocycles. The van der Waals surface area contributed by atoms with Crippen LogP contribution in [0.2, 0.25) is 0 Å². The van der Waals surface area contributed by atoms with Crippen LogP contribution >= 0.6 is 0 Å². The van der Waals surface area contributed by atoms with Crippen molar-refractivity contribution in [3.8, 4) is 11.4 Å². The van der Waals surface area contributed by atoms with Gasteiger partial charge < -0.3 is 15.7 Å². The van der Waals surface area contributed by atoms with Crippen LogP contribution in [0.4, 0.5) is 5.69 Å². The summed E-state index contributed by atoms with van der Waals surface area (Å²) in [4.78, 5) is 21.5. The number of unbranched alkanes of at least 4 members (excludes halogenated alkanes) is 1. The highest BCUT2D eigenvalue weighted by Gasteiger charge is 2.11. The van der Waals surface area contributed by atoms with Crippen molar-refractivity contribution in [3.05, 3.63) is 131 Å². The number of aliphatic hydroxyl groups is 1. The lowest BCUT2D eigenvalue weighted by Crippen LogP contribution is -2.29. The summed E-state index contributed by atoms with van der Waals surface area (Å²) in [7, 11) is 1.86. The Bertz CT molecular complexity index is 1510. The first-order valence-corrected chi connectivity index (χ1v) is 16.9. The van der Waals surface area contributed by atoms with E-state index in [1.165, 1.54) is 24.0 Å². The number of nitrogens with one attached hydrogen (secondary N) is 2. The van der Waals surface area contributed by atoms with E-state index < -0.39 is 0 Å². The highest BCUT2D eigenvalue weighted by molar-refractivity contribution is 5.57. The molecule has 7 nitrogen and oxygen atoms in total. The van der Waals surface area contributed by atoms with Crippen molar-refractivity contribution in [2.24, 2.45) is 0 Å². The van der Waals surface area contributed by atoms with Gasteiger partial charge >= 0.3 is 0 Å². The van der Waals surface area contributed by atoms with Gasteiger partial charge in [0.05, 0.1) is 18.8 Å². The van der Waals surface area contributed by atoms with E-state index in [9.17, 15) is 9.90 Å². The molecule has 3 N–H and O–H groups in total. The molecule has 47 heavy (non-hydrogen) atoms. The van der Waals surface area contributed by atoms with Crippen LogP contribution in [-0.4, -0.2) is 45.9 Å². The van der Waals surface area contributed by atoms with Crippen molar-refractivity contribution in [2.75, 3.05) is 25.5 Å². The molecule has 0 spiro atoms. The zero-order valence-electron chi connectivity index (χ0n) is 29.1. The summed E-state index contributed by atoms with van der Waals surface area (Å²) in [5, 5.41) is 15.5. The van der Waals surface area contributed by atoms with Crippen LogP contribution in [0.25, 0.3) is 17.5 Å². The van der Waals surface area contributed by atoms with E-state index >= 15 is 0 Å². The molecule has 1 unspecified atom stereocenters. The van der Waals surface area contributed by atoms with Crippen LogP contribution in [0.1, 0.15) is 70.1 Å². The van der Waals surface area contributed by atoms with E-state index in [1.807, 2.05) is 74.9 Å². The van der Waals surface area contributed by atoms with Crippen LogP contribution in [0.5, 0.6) is 0 Å². The number of aryl methyl sites for hydroxylation is 2. The van der Waals surface area contributed by atoms with Crippen molar-refractivity contribution in [1.29, 1.82) is 0 Å². The number of nitrogens with zero attached hydrogens (tertiary/aromatic N) is 3. The van der Waals surface area contributed by atoms with E-state index in [-0.39, 0.29) is 18.2 Å². The van der Waals surface area contributed by atoms with Crippen LogP contribution in [0.3, 0.4) is 0 Å². The summed E-state index contributed by atoms with van der Waals surface area (Å²) < 4.78 is 1.65. The van der Waals surface area contributed by atoms with E-state index in [0.717, 1.165) is 48.9 Å². The summed E-state index contributed by atoms with van der Waals surface area (Å²) in [5.74, 6) is 0.658. The number of hydrogen-bond donors (Lipinski definition) is 3. The van der Waals surface area contributed by atoms with Crippen LogP contribution < -0.4 is 16.2 Å². The lowest BCUT2D eigenvalue weighted by Gasteiger charge is -2.14. The van der Waals surface area contributed by atoms with E-state index in [1.54, 1.807) is 16.8 Å². The molecule has 1 atom stereocenters. The third-order valence-corrected chi connectivity index (χ3v) is 7.62. The molecule has 0 radical (unpaired) electrons. The van der Waals surface area contributed by atoms with Gasteiger partial charge in [-0.25, -0.2) is 4.98 Å². The number of benzene rings is 2. The molecule has 0 aliphatic carbocycles. The molecule has 0 bridgehead atoms. The maximum Gasteiger partial charge on any atom is 0.277 e. The predicted molar refractivity (Wildman–Crippen MR) is 200 cm³/mol. The van der Waals surface area contributed by atoms with Crippen LogP contribution in [-0.2, 0) is 19.4 Å². The topological polar surface area (TPSA) is 92.1 Å². The maximum atomic E-state index is 12.8. The van der Waals surface area contributed by atoms with Gasteiger partial charge in [0.2, 0.25) is 0 Å². The van der Waals surface area contributed by atoms with Gasteiger partial charge in [-0.2, -0.15) is 0 Å². The predicted octanol–water partition coefficient (Wildman–Crippen LogP) is 7.97. The fourth-order valence-electron chi connectivity index (χ4n) is 4.76. The zero-order valence-corrected chi connectivity index (χ0v) is 29.1. The van der Waals surface area contributed by atoms with E-state index in [4.69, 9.17) is 0 Å². The highest BCUT2D eigenvalue weighted by Crippen LogP contribution is 2.17. The molecule has 252 valence electrons. The molecular formula is C40H55N5O2. The van der Waals surface area contributed by atoms with Crippen molar-refractivity contribution in [3.63, 3.8) is 0 Å². The largest absolute Gasteiger partial charge is 0.394 e. The van der Waals surface area contributed by atoms with Gasteiger partial charge in [-0.15, -0.1) is 6.58 Å². The van der Waals surface area contributed by atoms with Gasteiger partial charge in [-0.1, -0.05) is 118 Å². The van der Waals surface area contributed by atoms with Gasteiger partial charge in [-0.05, 0) is 56.0 Å². The average Bonchev–Trinajstić information content (AvgIpc) is 3.11. The molecule has 4 rings (SSSR count). The normalized spacial score (nSPS) is 11.4. The molecular weight excluding hydrogens is 582 g/mol. The Kier molecular flexibility index (Phi) is 19.1. The summed E-state index contributed by atoms with van der Waals surface area (Å²) in [5.41, 5.74) is 6.27. The van der Waals surface area contributed by atoms with E-state index in [0.29, 0.717) is 18.1 Å². The summed E-state index contributed by atoms with van der Waals surface area (Å²) in [6.45, 7) is 13.6. The second-order valence-electron chi connectivity index (χ2n) is 11.3. The number of rotatable bonds is 15. The Hall–Kier alpha value is -4.33. The van der Waals surface area contributed by atoms with Crippen molar-refractivity contribution < 1.29 is 5.11 Å². The Morgan fingerprint density at radius 2 is 1.64 bits per heavy atom. The SMILES string of the molecule is C=CCn1c(-c2ccccc2)ncc(NCCCc2ccccc2)c1=O.CCCC.CCCc1ccncc1/C=C(\C)C(CO)NC. The van der Waals surface area contributed by atoms with Crippen LogP contribution in [0, 0.1) is 0 Å². The van der Waals surface area contributed by atoms with Crippen molar-refractivity contribution in [2.45, 2.75) is 78.8 Å². The Labute approximate surface area is 282 Å². The summed E-state index contributed by atoms with van der Waals surface area (Å²) in [6, 6.07) is 22.2. The number of likely N-dealkylation sites (N-methyl/N-ethyl adjacent to an activating group) is 1. The van der Waals surface area contributed by atoms with Gasteiger partial charge in [0.25, 0.3) is 5.56 Å². The molecule has 4 aromatic rings. The third-order valence-electron chi connectivity index (χ3n) is 7.62. The third kappa shape index (κ3) is 13.5. The molecule has 7 heteroatoms. The Morgan fingerprint density at radius 3 is 2.23 bits per heavy atom. The zero-order chi connectivity index (χ0) is 34.3. The standard InChI is InChI=1S/C22H23N3O.C14H22N2O.C4H10/c1-2-16-25-21(19-13-7-4-8-14-19)24-17-20(22(25)26)23-15-9-12-18-10-5-3-6-11-18;1-4-5-12-6-7-16-9-13(12)8-11(2)14(10-17)15-3;1-3-4-2/h2-8,10-11,13-14,17,23H,1,9,12,15-16H2;6-9,14-15,17H,4-5,10H2,1-3H3;3-4H2,1-2H3/b;11-8+;. The number of aromatic nitrogens is 3. The molecule has 2 heterocycles. The minimum Gasteiger partial charge on any atom is -0.394 e. The van der Waals surface area contributed by atoms with Gasteiger partial charge in [0.1, 0.15) is 11.5 Å². The van der Waals surface area contributed by atoms with Crippen molar-refractivity contribution >= 4 is 11.8 Å². The molecule has 0 saturated heterocycles. The van der Waals surface area contributed by atoms with Gasteiger partial charge in [0.15, 0.2) is 0 Å². The summed E-state index contributed by atoms with van der Waals surface area (Å²) in [6.07, 6.45) is 15.9. The lowest BCUT2D eigenvalue weighted by atomic mass is 10.0.